The van der Waals surface area contributed by atoms with Gasteiger partial charge in [-0.1, -0.05) is 19.1 Å². The number of carboxylic acids is 1. The molecule has 21 heavy (non-hydrogen) atoms. The van der Waals surface area contributed by atoms with E-state index in [1.165, 1.54) is 13.0 Å². The normalized spacial score (nSPS) is 13.7. The zero-order chi connectivity index (χ0) is 16.3. The molecule has 0 fully saturated rings. The van der Waals surface area contributed by atoms with Crippen LogP contribution in [-0.4, -0.2) is 31.9 Å². The average Bonchev–Trinajstić information content (AvgIpc) is 2.34. The van der Waals surface area contributed by atoms with E-state index in [0.29, 0.717) is 0 Å². The predicted molar refractivity (Wildman–Crippen MR) is 65.2 cm³/mol. The molecule has 0 saturated carbocycles. The first-order chi connectivity index (χ1) is 9.57. The first-order valence-electron chi connectivity index (χ1n) is 5.66. The lowest BCUT2D eigenvalue weighted by molar-refractivity contribution is -0.275. The molecule has 1 aromatic rings. The molecule has 6 nitrogen and oxygen atoms in total. The number of alkyl halides is 3. The molecule has 0 aromatic heterocycles. The molecular formula is C11H12F3NO5S. The number of carboxylic acid groups (broad SMARTS) is 1. The largest absolute Gasteiger partial charge is 0.573 e. The highest BCUT2D eigenvalue weighted by Gasteiger charge is 2.34. The Balaban J connectivity index is 3.17. The second-order valence-electron chi connectivity index (χ2n) is 3.91. The second kappa shape index (κ2) is 6.31. The van der Waals surface area contributed by atoms with Crippen molar-refractivity contribution in [2.24, 2.45) is 0 Å². The number of carbonyl (C=O) groups is 1. The summed E-state index contributed by atoms with van der Waals surface area (Å²) < 4.78 is 66.1. The lowest BCUT2D eigenvalue weighted by atomic mass is 10.2. The summed E-state index contributed by atoms with van der Waals surface area (Å²) in [6.07, 6.45) is -5.14. The molecule has 0 radical (unpaired) electrons. The van der Waals surface area contributed by atoms with Crippen molar-refractivity contribution in [2.45, 2.75) is 30.6 Å². The molecule has 0 aliphatic rings. The smallest absolute Gasteiger partial charge is 0.480 e. The quantitative estimate of drug-likeness (QED) is 0.830. The zero-order valence-electron chi connectivity index (χ0n) is 10.7. The molecule has 0 bridgehead atoms. The van der Waals surface area contributed by atoms with Crippen LogP contribution in [0.3, 0.4) is 0 Å². The maximum absolute atomic E-state index is 12.2. The standard InChI is InChI=1S/C11H12F3NO5S/c1-2-7(10(16)17)15-21(18,19)9-6-4-3-5-8(9)20-11(12,13)14/h3-7,15H,2H2,1H3,(H,16,17). The topological polar surface area (TPSA) is 92.7 Å². The Hall–Kier alpha value is -1.81. The van der Waals surface area contributed by atoms with E-state index in [1.807, 2.05) is 4.72 Å². The van der Waals surface area contributed by atoms with Crippen molar-refractivity contribution in [3.8, 4) is 5.75 Å². The Morgan fingerprint density at radius 3 is 2.43 bits per heavy atom. The molecule has 0 saturated heterocycles. The summed E-state index contributed by atoms with van der Waals surface area (Å²) in [5.74, 6) is -2.37. The van der Waals surface area contributed by atoms with Crippen LogP contribution in [0.2, 0.25) is 0 Å². The third-order valence-corrected chi connectivity index (χ3v) is 3.88. The molecular weight excluding hydrogens is 315 g/mol. The number of ether oxygens (including phenoxy) is 1. The SMILES string of the molecule is CCC(NS(=O)(=O)c1ccccc1OC(F)(F)F)C(=O)O. The van der Waals surface area contributed by atoms with Crippen LogP contribution in [-0.2, 0) is 14.8 Å². The molecule has 118 valence electrons. The lowest BCUT2D eigenvalue weighted by Crippen LogP contribution is -2.40. The van der Waals surface area contributed by atoms with Crippen LogP contribution in [0.4, 0.5) is 13.2 Å². The molecule has 0 spiro atoms. The van der Waals surface area contributed by atoms with E-state index < -0.39 is 39.0 Å². The van der Waals surface area contributed by atoms with Gasteiger partial charge in [0.25, 0.3) is 0 Å². The molecule has 10 heteroatoms. The third-order valence-electron chi connectivity index (χ3n) is 2.37. The summed E-state index contributed by atoms with van der Waals surface area (Å²) in [6.45, 7) is 1.42. The van der Waals surface area contributed by atoms with Crippen molar-refractivity contribution in [1.29, 1.82) is 0 Å². The third kappa shape index (κ3) is 4.90. The molecule has 1 aromatic carbocycles. The number of sulfonamides is 1. The van der Waals surface area contributed by atoms with Crippen molar-refractivity contribution < 1.29 is 36.2 Å². The maximum Gasteiger partial charge on any atom is 0.573 e. The van der Waals surface area contributed by atoms with Crippen molar-refractivity contribution in [3.63, 3.8) is 0 Å². The van der Waals surface area contributed by atoms with Gasteiger partial charge in [0.1, 0.15) is 16.7 Å². The van der Waals surface area contributed by atoms with Crippen molar-refractivity contribution >= 4 is 16.0 Å². The van der Waals surface area contributed by atoms with Gasteiger partial charge in [-0.2, -0.15) is 4.72 Å². The minimum absolute atomic E-state index is 0.0726. The second-order valence-corrected chi connectivity index (χ2v) is 5.60. The summed E-state index contributed by atoms with van der Waals surface area (Å²) in [7, 11) is -4.48. The summed E-state index contributed by atoms with van der Waals surface area (Å²) in [5, 5.41) is 8.80. The summed E-state index contributed by atoms with van der Waals surface area (Å²) in [5.41, 5.74) is 0. The van der Waals surface area contributed by atoms with Crippen LogP contribution in [0, 0.1) is 0 Å². The fraction of sp³-hybridized carbons (Fsp3) is 0.364. The number of rotatable bonds is 6. The minimum atomic E-state index is -5.07. The van der Waals surface area contributed by atoms with Gasteiger partial charge in [-0.05, 0) is 18.6 Å². The molecule has 1 atom stereocenters. The van der Waals surface area contributed by atoms with Crippen LogP contribution in [0.15, 0.2) is 29.2 Å². The Morgan fingerprint density at radius 1 is 1.38 bits per heavy atom. The molecule has 0 aliphatic carbocycles. The fourth-order valence-corrected chi connectivity index (χ4v) is 2.84. The van der Waals surface area contributed by atoms with Gasteiger partial charge in [-0.25, -0.2) is 8.42 Å². The maximum atomic E-state index is 12.2. The van der Waals surface area contributed by atoms with E-state index in [9.17, 15) is 26.4 Å². The van der Waals surface area contributed by atoms with Crippen LogP contribution in [0.25, 0.3) is 0 Å². The van der Waals surface area contributed by atoms with E-state index in [-0.39, 0.29) is 6.42 Å². The molecule has 1 rings (SSSR count). The number of hydrogen-bond donors (Lipinski definition) is 2. The number of hydrogen-bond acceptors (Lipinski definition) is 4. The van der Waals surface area contributed by atoms with Gasteiger partial charge in [-0.15, -0.1) is 13.2 Å². The number of halogens is 3. The van der Waals surface area contributed by atoms with Gasteiger partial charge in [0, 0.05) is 0 Å². The molecule has 0 amide bonds. The van der Waals surface area contributed by atoms with E-state index in [2.05, 4.69) is 4.74 Å². The van der Waals surface area contributed by atoms with E-state index >= 15 is 0 Å². The van der Waals surface area contributed by atoms with Gasteiger partial charge in [0.2, 0.25) is 10.0 Å². The summed E-state index contributed by atoms with van der Waals surface area (Å²) in [6, 6.07) is 2.62. The minimum Gasteiger partial charge on any atom is -0.480 e. The van der Waals surface area contributed by atoms with E-state index in [4.69, 9.17) is 5.11 Å². The predicted octanol–water partition coefficient (Wildman–Crippen LogP) is 1.73. The van der Waals surface area contributed by atoms with Crippen molar-refractivity contribution in [1.82, 2.24) is 4.72 Å². The Morgan fingerprint density at radius 2 is 1.95 bits per heavy atom. The van der Waals surface area contributed by atoms with Crippen LogP contribution in [0.1, 0.15) is 13.3 Å². The highest BCUT2D eigenvalue weighted by atomic mass is 32.2. The molecule has 0 aliphatic heterocycles. The summed E-state index contributed by atoms with van der Waals surface area (Å²) >= 11 is 0. The number of aliphatic carboxylic acids is 1. The van der Waals surface area contributed by atoms with E-state index in [1.54, 1.807) is 0 Å². The van der Waals surface area contributed by atoms with Gasteiger partial charge in [0.05, 0.1) is 0 Å². The zero-order valence-corrected chi connectivity index (χ0v) is 11.5. The fourth-order valence-electron chi connectivity index (χ4n) is 1.44. The van der Waals surface area contributed by atoms with Crippen LogP contribution >= 0.6 is 0 Å². The number of nitrogens with one attached hydrogen (secondary N) is 1. The van der Waals surface area contributed by atoms with E-state index in [0.717, 1.165) is 18.2 Å². The Bertz CT molecular complexity index is 615. The highest BCUT2D eigenvalue weighted by Crippen LogP contribution is 2.29. The number of benzene rings is 1. The molecule has 1 unspecified atom stereocenters. The average molecular weight is 327 g/mol. The van der Waals surface area contributed by atoms with Gasteiger partial charge < -0.3 is 9.84 Å². The van der Waals surface area contributed by atoms with Gasteiger partial charge in [0.15, 0.2) is 0 Å². The highest BCUT2D eigenvalue weighted by molar-refractivity contribution is 7.89. The molecule has 2 N–H and O–H groups in total. The number of para-hydroxylation sites is 1. The van der Waals surface area contributed by atoms with Crippen molar-refractivity contribution in [2.75, 3.05) is 0 Å². The van der Waals surface area contributed by atoms with Gasteiger partial charge in [-0.3, -0.25) is 4.79 Å². The van der Waals surface area contributed by atoms with Crippen LogP contribution < -0.4 is 9.46 Å². The monoisotopic (exact) mass is 327 g/mol. The Kier molecular flexibility index (Phi) is 5.18. The molecule has 0 heterocycles. The first-order valence-corrected chi connectivity index (χ1v) is 7.15. The van der Waals surface area contributed by atoms with Gasteiger partial charge >= 0.3 is 12.3 Å². The van der Waals surface area contributed by atoms with Crippen LogP contribution in [0.5, 0.6) is 5.75 Å². The van der Waals surface area contributed by atoms with Crippen molar-refractivity contribution in [3.05, 3.63) is 24.3 Å². The summed E-state index contributed by atoms with van der Waals surface area (Å²) in [4.78, 5) is 10.0. The first kappa shape index (κ1) is 17.2. The Labute approximate surface area is 118 Å². The lowest BCUT2D eigenvalue weighted by Gasteiger charge is -2.16.